The number of alkyl halides is 3. The lowest BCUT2D eigenvalue weighted by Gasteiger charge is -2.28. The third-order valence-electron chi connectivity index (χ3n) is 3.44. The summed E-state index contributed by atoms with van der Waals surface area (Å²) in [5.74, 6) is 0. The first-order chi connectivity index (χ1) is 9.90. The average Bonchev–Trinajstić information content (AvgIpc) is 3.21. The molecule has 21 heavy (non-hydrogen) atoms. The van der Waals surface area contributed by atoms with E-state index in [9.17, 15) is 13.2 Å². The Morgan fingerprint density at radius 1 is 1.33 bits per heavy atom. The molecule has 0 unspecified atom stereocenters. The monoisotopic (exact) mass is 320 g/mol. The Kier molecular flexibility index (Phi) is 5.38. The standard InChI is InChI=1S/C15H20ClF3N2/c1-2-7-20-9-11-3-4-12(16)8-14(11)21(13-5-6-13)10-15(17,18)19/h3-4,8,13,20H,2,5-7,9-10H2,1H3. The molecule has 1 aromatic carbocycles. The maximum Gasteiger partial charge on any atom is 0.405 e. The molecular formula is C15H20ClF3N2. The fourth-order valence-electron chi connectivity index (χ4n) is 2.34. The van der Waals surface area contributed by atoms with Gasteiger partial charge in [0.15, 0.2) is 0 Å². The fourth-order valence-corrected chi connectivity index (χ4v) is 2.51. The van der Waals surface area contributed by atoms with Crippen LogP contribution in [0.25, 0.3) is 0 Å². The molecule has 1 fully saturated rings. The highest BCUT2D eigenvalue weighted by Gasteiger charge is 2.38. The molecule has 0 aliphatic heterocycles. The van der Waals surface area contributed by atoms with Gasteiger partial charge in [-0.1, -0.05) is 24.6 Å². The van der Waals surface area contributed by atoms with Crippen LogP contribution < -0.4 is 10.2 Å². The van der Waals surface area contributed by atoms with E-state index >= 15 is 0 Å². The molecule has 0 saturated heterocycles. The van der Waals surface area contributed by atoms with Crippen LogP contribution in [0.3, 0.4) is 0 Å². The Balaban J connectivity index is 2.22. The van der Waals surface area contributed by atoms with Crippen molar-refractivity contribution < 1.29 is 13.2 Å². The largest absolute Gasteiger partial charge is 0.405 e. The number of nitrogens with zero attached hydrogens (tertiary/aromatic N) is 1. The van der Waals surface area contributed by atoms with Crippen molar-refractivity contribution in [2.24, 2.45) is 0 Å². The first-order valence-corrected chi connectivity index (χ1v) is 7.61. The third-order valence-corrected chi connectivity index (χ3v) is 3.67. The molecule has 0 heterocycles. The summed E-state index contributed by atoms with van der Waals surface area (Å²) in [5.41, 5.74) is 1.47. The minimum absolute atomic E-state index is 0.0185. The summed E-state index contributed by atoms with van der Waals surface area (Å²) in [6.07, 6.45) is -1.61. The van der Waals surface area contributed by atoms with Crippen LogP contribution in [0.5, 0.6) is 0 Å². The van der Waals surface area contributed by atoms with E-state index in [4.69, 9.17) is 11.6 Å². The molecule has 0 spiro atoms. The van der Waals surface area contributed by atoms with Crippen molar-refractivity contribution in [3.63, 3.8) is 0 Å². The van der Waals surface area contributed by atoms with Crippen molar-refractivity contribution in [3.05, 3.63) is 28.8 Å². The van der Waals surface area contributed by atoms with Gasteiger partial charge in [-0.25, -0.2) is 0 Å². The SMILES string of the molecule is CCCNCc1ccc(Cl)cc1N(CC(F)(F)F)C1CC1. The molecule has 1 aliphatic rings. The highest BCUT2D eigenvalue weighted by atomic mass is 35.5. The minimum Gasteiger partial charge on any atom is -0.359 e. The number of anilines is 1. The second-order valence-corrected chi connectivity index (χ2v) is 5.86. The molecule has 1 saturated carbocycles. The molecule has 0 amide bonds. The lowest BCUT2D eigenvalue weighted by atomic mass is 10.1. The van der Waals surface area contributed by atoms with Crippen LogP contribution in [-0.4, -0.2) is 25.3 Å². The van der Waals surface area contributed by atoms with Crippen LogP contribution in [0, 0.1) is 0 Å². The van der Waals surface area contributed by atoms with Gasteiger partial charge in [-0.15, -0.1) is 0 Å². The molecule has 1 aliphatic carbocycles. The molecule has 1 aromatic rings. The van der Waals surface area contributed by atoms with Crippen molar-refractivity contribution >= 4 is 17.3 Å². The molecule has 6 heteroatoms. The number of benzene rings is 1. The summed E-state index contributed by atoms with van der Waals surface area (Å²) in [6, 6.07) is 5.17. The Labute approximate surface area is 128 Å². The van der Waals surface area contributed by atoms with Crippen LogP contribution >= 0.6 is 11.6 Å². The quantitative estimate of drug-likeness (QED) is 0.750. The van der Waals surface area contributed by atoms with Crippen LogP contribution in [0.2, 0.25) is 5.02 Å². The highest BCUT2D eigenvalue weighted by Crippen LogP contribution is 2.37. The maximum absolute atomic E-state index is 12.8. The molecule has 0 bridgehead atoms. The molecule has 0 aromatic heterocycles. The van der Waals surface area contributed by atoms with Crippen LogP contribution in [0.4, 0.5) is 18.9 Å². The maximum atomic E-state index is 12.8. The average molecular weight is 321 g/mol. The van der Waals surface area contributed by atoms with Crippen molar-refractivity contribution in [2.75, 3.05) is 18.0 Å². The molecule has 2 rings (SSSR count). The topological polar surface area (TPSA) is 15.3 Å². The molecule has 0 radical (unpaired) electrons. The molecule has 1 N–H and O–H groups in total. The second kappa shape index (κ2) is 6.88. The molecular weight excluding hydrogens is 301 g/mol. The number of rotatable bonds is 7. The van der Waals surface area contributed by atoms with Gasteiger partial charge >= 0.3 is 6.18 Å². The van der Waals surface area contributed by atoms with Gasteiger partial charge in [0.25, 0.3) is 0 Å². The van der Waals surface area contributed by atoms with Gasteiger partial charge in [-0.2, -0.15) is 13.2 Å². The van der Waals surface area contributed by atoms with E-state index in [2.05, 4.69) is 12.2 Å². The van der Waals surface area contributed by atoms with Crippen molar-refractivity contribution in [1.82, 2.24) is 5.32 Å². The second-order valence-electron chi connectivity index (χ2n) is 5.42. The summed E-state index contributed by atoms with van der Waals surface area (Å²) in [6.45, 7) is 2.53. The zero-order chi connectivity index (χ0) is 15.5. The fraction of sp³-hybridized carbons (Fsp3) is 0.600. The van der Waals surface area contributed by atoms with E-state index in [0.29, 0.717) is 17.3 Å². The molecule has 118 valence electrons. The number of nitrogens with one attached hydrogen (secondary N) is 1. The van der Waals surface area contributed by atoms with E-state index in [1.165, 1.54) is 4.90 Å². The number of hydrogen-bond acceptors (Lipinski definition) is 2. The lowest BCUT2D eigenvalue weighted by molar-refractivity contribution is -0.120. The first kappa shape index (κ1) is 16.4. The van der Waals surface area contributed by atoms with Crippen LogP contribution in [0.15, 0.2) is 18.2 Å². The van der Waals surface area contributed by atoms with Gasteiger partial charge in [0.2, 0.25) is 0 Å². The van der Waals surface area contributed by atoms with Gasteiger partial charge < -0.3 is 10.2 Å². The van der Waals surface area contributed by atoms with Crippen molar-refractivity contribution in [2.45, 2.75) is 44.9 Å². The van der Waals surface area contributed by atoms with Gasteiger partial charge in [0.1, 0.15) is 6.54 Å². The summed E-state index contributed by atoms with van der Waals surface area (Å²) in [4.78, 5) is 1.45. The Morgan fingerprint density at radius 3 is 2.62 bits per heavy atom. The number of halogens is 4. The van der Waals surface area contributed by atoms with E-state index in [1.807, 2.05) is 6.07 Å². The predicted octanol–water partition coefficient (Wildman–Crippen LogP) is 4.37. The van der Waals surface area contributed by atoms with Crippen LogP contribution in [-0.2, 0) is 6.54 Å². The normalized spacial score (nSPS) is 15.3. The lowest BCUT2D eigenvalue weighted by Crippen LogP contribution is -2.37. The van der Waals surface area contributed by atoms with E-state index in [-0.39, 0.29) is 6.04 Å². The van der Waals surface area contributed by atoms with E-state index in [1.54, 1.807) is 12.1 Å². The summed E-state index contributed by atoms with van der Waals surface area (Å²) in [5, 5.41) is 3.71. The van der Waals surface area contributed by atoms with Gasteiger partial charge in [-0.05, 0) is 43.5 Å². The Hall–Kier alpha value is -0.940. The zero-order valence-electron chi connectivity index (χ0n) is 12.0. The van der Waals surface area contributed by atoms with E-state index < -0.39 is 12.7 Å². The highest BCUT2D eigenvalue weighted by molar-refractivity contribution is 6.30. The minimum atomic E-state index is -4.21. The van der Waals surface area contributed by atoms with Crippen LogP contribution in [0.1, 0.15) is 31.7 Å². The predicted molar refractivity (Wildman–Crippen MR) is 79.9 cm³/mol. The summed E-state index contributed by atoms with van der Waals surface area (Å²) < 4.78 is 38.5. The summed E-state index contributed by atoms with van der Waals surface area (Å²) >= 11 is 5.99. The summed E-state index contributed by atoms with van der Waals surface area (Å²) in [7, 11) is 0. The number of hydrogen-bond donors (Lipinski definition) is 1. The van der Waals surface area contributed by atoms with E-state index in [0.717, 1.165) is 31.4 Å². The molecule has 0 atom stereocenters. The third kappa shape index (κ3) is 5.08. The van der Waals surface area contributed by atoms with Gasteiger partial charge in [0, 0.05) is 23.3 Å². The van der Waals surface area contributed by atoms with Gasteiger partial charge in [0.05, 0.1) is 0 Å². The first-order valence-electron chi connectivity index (χ1n) is 7.23. The zero-order valence-corrected chi connectivity index (χ0v) is 12.8. The Morgan fingerprint density at radius 2 is 2.05 bits per heavy atom. The molecule has 2 nitrogen and oxygen atoms in total. The Bertz CT molecular complexity index is 472. The van der Waals surface area contributed by atoms with Crippen molar-refractivity contribution in [1.29, 1.82) is 0 Å². The van der Waals surface area contributed by atoms with Crippen molar-refractivity contribution in [3.8, 4) is 0 Å². The smallest absolute Gasteiger partial charge is 0.359 e. The van der Waals surface area contributed by atoms with Gasteiger partial charge in [-0.3, -0.25) is 0 Å².